The number of hydrogen-bond donors (Lipinski definition) is 1. The number of nitrogens with one attached hydrogen (secondary N) is 1. The Hall–Kier alpha value is -1.39. The van der Waals surface area contributed by atoms with Crippen molar-refractivity contribution in [3.63, 3.8) is 0 Å². The fourth-order valence-corrected chi connectivity index (χ4v) is 2.51. The van der Waals surface area contributed by atoms with Crippen LogP contribution in [-0.4, -0.2) is 16.5 Å². The van der Waals surface area contributed by atoms with Crippen LogP contribution in [0.2, 0.25) is 0 Å². The average Bonchev–Trinajstić information content (AvgIpc) is 2.40. The van der Waals surface area contributed by atoms with Crippen molar-refractivity contribution in [3.8, 4) is 0 Å². The van der Waals surface area contributed by atoms with Crippen LogP contribution in [0.25, 0.3) is 0 Å². The molecule has 2 aromatic heterocycles. The average molecular weight is 259 g/mol. The van der Waals surface area contributed by atoms with Crippen LogP contribution in [0.15, 0.2) is 52.8 Å². The standard InChI is InChI=1S/C14H17N3S/c1-3-16-11(2)12-4-9-17-14(10-12)18-13-5-7-15-8-6-13/h4-11,16H,3H2,1-2H3. The molecule has 0 aliphatic heterocycles. The number of pyridine rings is 2. The van der Waals surface area contributed by atoms with Gasteiger partial charge in [0.15, 0.2) is 0 Å². The molecule has 4 heteroatoms. The van der Waals surface area contributed by atoms with E-state index in [0.717, 1.165) is 16.5 Å². The minimum absolute atomic E-state index is 0.356. The number of aromatic nitrogens is 2. The van der Waals surface area contributed by atoms with Crippen molar-refractivity contribution in [2.45, 2.75) is 29.8 Å². The molecule has 94 valence electrons. The summed E-state index contributed by atoms with van der Waals surface area (Å²) in [6.45, 7) is 5.25. The van der Waals surface area contributed by atoms with Crippen molar-refractivity contribution >= 4 is 11.8 Å². The number of hydrogen-bond acceptors (Lipinski definition) is 4. The summed E-state index contributed by atoms with van der Waals surface area (Å²) in [5.74, 6) is 0. The van der Waals surface area contributed by atoms with Crippen molar-refractivity contribution in [1.29, 1.82) is 0 Å². The van der Waals surface area contributed by atoms with Crippen molar-refractivity contribution < 1.29 is 0 Å². The van der Waals surface area contributed by atoms with Gasteiger partial charge < -0.3 is 5.32 Å². The Morgan fingerprint density at radius 2 is 2.00 bits per heavy atom. The van der Waals surface area contributed by atoms with E-state index in [9.17, 15) is 0 Å². The molecule has 1 N–H and O–H groups in total. The first kappa shape index (κ1) is 13.1. The van der Waals surface area contributed by atoms with Crippen LogP contribution < -0.4 is 5.32 Å². The zero-order valence-electron chi connectivity index (χ0n) is 10.6. The summed E-state index contributed by atoms with van der Waals surface area (Å²) in [6, 6.07) is 8.54. The maximum atomic E-state index is 4.39. The predicted molar refractivity (Wildman–Crippen MR) is 74.7 cm³/mol. The SMILES string of the molecule is CCNC(C)c1ccnc(Sc2ccncc2)c1. The molecule has 2 heterocycles. The second-order valence-electron chi connectivity index (χ2n) is 3.99. The molecule has 0 fully saturated rings. The summed E-state index contributed by atoms with van der Waals surface area (Å²) >= 11 is 1.66. The highest BCUT2D eigenvalue weighted by Gasteiger charge is 2.05. The molecular formula is C14H17N3S. The third-order valence-electron chi connectivity index (χ3n) is 2.64. The Kier molecular flexibility index (Phi) is 4.73. The first-order valence-corrected chi connectivity index (χ1v) is 6.88. The van der Waals surface area contributed by atoms with E-state index in [1.54, 1.807) is 24.2 Å². The van der Waals surface area contributed by atoms with Crippen molar-refractivity contribution in [2.24, 2.45) is 0 Å². The number of nitrogens with zero attached hydrogens (tertiary/aromatic N) is 2. The van der Waals surface area contributed by atoms with Crippen molar-refractivity contribution in [2.75, 3.05) is 6.54 Å². The van der Waals surface area contributed by atoms with Gasteiger partial charge in [0.1, 0.15) is 5.03 Å². The quantitative estimate of drug-likeness (QED) is 0.894. The van der Waals surface area contributed by atoms with E-state index in [1.165, 1.54) is 5.56 Å². The second kappa shape index (κ2) is 6.52. The predicted octanol–water partition coefficient (Wildman–Crippen LogP) is 3.30. The number of rotatable bonds is 5. The molecule has 0 aromatic carbocycles. The van der Waals surface area contributed by atoms with Gasteiger partial charge in [-0.05, 0) is 43.3 Å². The highest BCUT2D eigenvalue weighted by Crippen LogP contribution is 2.26. The van der Waals surface area contributed by atoms with E-state index in [0.29, 0.717) is 6.04 Å². The third-order valence-corrected chi connectivity index (χ3v) is 3.58. The summed E-state index contributed by atoms with van der Waals surface area (Å²) in [4.78, 5) is 9.56. The van der Waals surface area contributed by atoms with Crippen LogP contribution in [0, 0.1) is 0 Å². The smallest absolute Gasteiger partial charge is 0.101 e. The highest BCUT2D eigenvalue weighted by atomic mass is 32.2. The normalized spacial score (nSPS) is 12.3. The van der Waals surface area contributed by atoms with Gasteiger partial charge in [0.25, 0.3) is 0 Å². The molecule has 18 heavy (non-hydrogen) atoms. The monoisotopic (exact) mass is 259 g/mol. The summed E-state index contributed by atoms with van der Waals surface area (Å²) in [7, 11) is 0. The van der Waals surface area contributed by atoms with E-state index < -0.39 is 0 Å². The molecule has 0 bridgehead atoms. The van der Waals surface area contributed by atoms with Gasteiger partial charge in [-0.1, -0.05) is 18.7 Å². The van der Waals surface area contributed by atoms with Crippen LogP contribution in [0.1, 0.15) is 25.5 Å². The van der Waals surface area contributed by atoms with Crippen LogP contribution in [0.3, 0.4) is 0 Å². The molecular weight excluding hydrogens is 242 g/mol. The Labute approximate surface area is 112 Å². The van der Waals surface area contributed by atoms with Gasteiger partial charge in [-0.2, -0.15) is 0 Å². The molecule has 2 rings (SSSR count). The first-order chi connectivity index (χ1) is 8.79. The molecule has 0 aliphatic rings. The van der Waals surface area contributed by atoms with Crippen molar-refractivity contribution in [3.05, 3.63) is 48.4 Å². The van der Waals surface area contributed by atoms with Crippen LogP contribution in [0.4, 0.5) is 0 Å². The van der Waals surface area contributed by atoms with E-state index in [2.05, 4.69) is 41.3 Å². The minimum Gasteiger partial charge on any atom is -0.310 e. The van der Waals surface area contributed by atoms with Gasteiger partial charge >= 0.3 is 0 Å². The van der Waals surface area contributed by atoms with Gasteiger partial charge in [-0.25, -0.2) is 4.98 Å². The molecule has 0 spiro atoms. The molecule has 1 atom stereocenters. The molecule has 3 nitrogen and oxygen atoms in total. The maximum absolute atomic E-state index is 4.39. The summed E-state index contributed by atoms with van der Waals surface area (Å²) in [5, 5.41) is 4.42. The van der Waals surface area contributed by atoms with Crippen molar-refractivity contribution in [1.82, 2.24) is 15.3 Å². The molecule has 0 saturated carbocycles. The van der Waals surface area contributed by atoms with E-state index in [-0.39, 0.29) is 0 Å². The molecule has 0 amide bonds. The van der Waals surface area contributed by atoms with Gasteiger partial charge in [-0.15, -0.1) is 0 Å². The van der Waals surface area contributed by atoms with Gasteiger partial charge in [-0.3, -0.25) is 4.98 Å². The largest absolute Gasteiger partial charge is 0.310 e. The second-order valence-corrected chi connectivity index (χ2v) is 5.09. The molecule has 0 saturated heterocycles. The lowest BCUT2D eigenvalue weighted by Crippen LogP contribution is -2.17. The van der Waals surface area contributed by atoms with Crippen LogP contribution >= 0.6 is 11.8 Å². The molecule has 0 radical (unpaired) electrons. The first-order valence-electron chi connectivity index (χ1n) is 6.07. The fraction of sp³-hybridized carbons (Fsp3) is 0.286. The lowest BCUT2D eigenvalue weighted by Gasteiger charge is -2.13. The van der Waals surface area contributed by atoms with E-state index >= 15 is 0 Å². The minimum atomic E-state index is 0.356. The Morgan fingerprint density at radius 3 is 2.72 bits per heavy atom. The zero-order valence-corrected chi connectivity index (χ0v) is 11.4. The van der Waals surface area contributed by atoms with Gasteiger partial charge in [0, 0.05) is 29.5 Å². The molecule has 2 aromatic rings. The lowest BCUT2D eigenvalue weighted by atomic mass is 10.1. The van der Waals surface area contributed by atoms with Crippen LogP contribution in [-0.2, 0) is 0 Å². The maximum Gasteiger partial charge on any atom is 0.101 e. The van der Waals surface area contributed by atoms with E-state index in [1.807, 2.05) is 18.3 Å². The Morgan fingerprint density at radius 1 is 1.22 bits per heavy atom. The summed E-state index contributed by atoms with van der Waals surface area (Å²) in [5.41, 5.74) is 1.27. The fourth-order valence-electron chi connectivity index (χ4n) is 1.70. The Balaban J connectivity index is 2.12. The van der Waals surface area contributed by atoms with E-state index in [4.69, 9.17) is 0 Å². The van der Waals surface area contributed by atoms with Crippen LogP contribution in [0.5, 0.6) is 0 Å². The molecule has 1 unspecified atom stereocenters. The molecule has 0 aliphatic carbocycles. The van der Waals surface area contributed by atoms with Gasteiger partial charge in [0.05, 0.1) is 0 Å². The van der Waals surface area contributed by atoms with Gasteiger partial charge in [0.2, 0.25) is 0 Å². The third kappa shape index (κ3) is 3.55. The summed E-state index contributed by atoms with van der Waals surface area (Å²) < 4.78 is 0. The highest BCUT2D eigenvalue weighted by molar-refractivity contribution is 7.99. The zero-order chi connectivity index (χ0) is 12.8. The lowest BCUT2D eigenvalue weighted by molar-refractivity contribution is 0.596. The summed E-state index contributed by atoms with van der Waals surface area (Å²) in [6.07, 6.45) is 5.47. The Bertz CT molecular complexity index is 487. The topological polar surface area (TPSA) is 37.8 Å².